The molecule has 0 aromatic rings. The van der Waals surface area contributed by atoms with Gasteiger partial charge in [0, 0.05) is 12.8 Å². The Labute approximate surface area is 352 Å². The minimum absolute atomic E-state index is 0.145. The van der Waals surface area contributed by atoms with Crippen LogP contribution < -0.4 is 5.32 Å². The van der Waals surface area contributed by atoms with Crippen molar-refractivity contribution in [3.05, 3.63) is 48.6 Å². The number of carboxylic acids is 1. The molecular formula is C46H82NO10P. The van der Waals surface area contributed by atoms with E-state index in [2.05, 4.69) is 67.8 Å². The first-order valence-corrected chi connectivity index (χ1v) is 24.2. The summed E-state index contributed by atoms with van der Waals surface area (Å²) in [5.41, 5.74) is 0. The Morgan fingerprint density at radius 3 is 1.48 bits per heavy atom. The number of unbranched alkanes of at least 4 members (excludes halogenated alkanes) is 20. The zero-order valence-electron chi connectivity index (χ0n) is 36.3. The van der Waals surface area contributed by atoms with Crippen molar-refractivity contribution in [3.63, 3.8) is 0 Å². The molecule has 0 saturated heterocycles. The quantitative estimate of drug-likeness (QED) is 0.0201. The van der Waals surface area contributed by atoms with Gasteiger partial charge in [-0.15, -0.1) is 0 Å². The highest BCUT2D eigenvalue weighted by Gasteiger charge is 2.28. The van der Waals surface area contributed by atoms with Gasteiger partial charge in [0.15, 0.2) is 6.04 Å². The highest BCUT2D eigenvalue weighted by molar-refractivity contribution is 7.47. The van der Waals surface area contributed by atoms with Crippen molar-refractivity contribution in [2.75, 3.05) is 19.8 Å². The standard InChI is InChI=1S/C46H82NO10P/c1-3-5-7-9-11-13-15-17-19-20-21-22-24-25-27-29-31-33-35-37-44(49)47-43(46(51)52)41-57-58(53,54)56-40-42(48)39-55-45(50)38-36-34-32-30-28-26-23-18-16-14-12-10-8-6-4-2/h6,8,12,14,18,23,28,30,42-43,48H,3-5,7,9-11,13,15-17,19-22,24-27,29,31-41H2,1-2H3,(H,47,49)(H,51,52)(H,53,54)/b8-6-,14-12-,23-18-,30-28-. The Morgan fingerprint density at radius 1 is 0.569 bits per heavy atom. The van der Waals surface area contributed by atoms with E-state index in [4.69, 9.17) is 13.8 Å². The van der Waals surface area contributed by atoms with Gasteiger partial charge >= 0.3 is 19.8 Å². The van der Waals surface area contributed by atoms with Crippen LogP contribution in [-0.2, 0) is 32.7 Å². The van der Waals surface area contributed by atoms with Crippen LogP contribution in [0.2, 0.25) is 0 Å². The lowest BCUT2D eigenvalue weighted by Crippen LogP contribution is -2.43. The van der Waals surface area contributed by atoms with Gasteiger partial charge in [0.2, 0.25) is 5.91 Å². The van der Waals surface area contributed by atoms with Crippen LogP contribution >= 0.6 is 7.82 Å². The number of carbonyl (C=O) groups is 3. The number of aliphatic hydroxyl groups excluding tert-OH is 1. The van der Waals surface area contributed by atoms with Crippen LogP contribution in [0, 0.1) is 0 Å². The molecule has 0 heterocycles. The van der Waals surface area contributed by atoms with Crippen molar-refractivity contribution in [2.24, 2.45) is 0 Å². The molecule has 0 aromatic carbocycles. The zero-order valence-corrected chi connectivity index (χ0v) is 37.2. The molecule has 0 saturated carbocycles. The lowest BCUT2D eigenvalue weighted by atomic mass is 10.0. The molecule has 0 bridgehead atoms. The summed E-state index contributed by atoms with van der Waals surface area (Å²) in [6.45, 7) is 2.45. The first kappa shape index (κ1) is 55.4. The molecule has 0 aliphatic rings. The maximum absolute atomic E-state index is 12.3. The summed E-state index contributed by atoms with van der Waals surface area (Å²) in [5, 5.41) is 21.8. The van der Waals surface area contributed by atoms with Gasteiger partial charge in [-0.3, -0.25) is 18.6 Å². The second-order valence-corrected chi connectivity index (χ2v) is 16.7. The van der Waals surface area contributed by atoms with Gasteiger partial charge in [-0.05, 0) is 51.4 Å². The molecular weight excluding hydrogens is 757 g/mol. The van der Waals surface area contributed by atoms with Gasteiger partial charge in [-0.1, -0.05) is 178 Å². The van der Waals surface area contributed by atoms with Crippen molar-refractivity contribution in [3.8, 4) is 0 Å². The number of esters is 1. The number of phosphoric ester groups is 1. The number of hydrogen-bond acceptors (Lipinski definition) is 8. The Morgan fingerprint density at radius 2 is 1.00 bits per heavy atom. The molecule has 0 aromatic heterocycles. The smallest absolute Gasteiger partial charge is 0.472 e. The Bertz CT molecular complexity index is 1170. The van der Waals surface area contributed by atoms with E-state index < -0.39 is 57.6 Å². The van der Waals surface area contributed by atoms with Gasteiger partial charge in [-0.25, -0.2) is 9.36 Å². The predicted octanol–water partition coefficient (Wildman–Crippen LogP) is 11.8. The van der Waals surface area contributed by atoms with Crippen molar-refractivity contribution < 1.29 is 47.8 Å². The first-order valence-electron chi connectivity index (χ1n) is 22.7. The first-order chi connectivity index (χ1) is 28.1. The van der Waals surface area contributed by atoms with Crippen molar-refractivity contribution in [2.45, 2.75) is 206 Å². The summed E-state index contributed by atoms with van der Waals surface area (Å²) in [6.07, 6.45) is 45.7. The Kier molecular flexibility index (Phi) is 39.4. The number of aliphatic carboxylic acids is 1. The average molecular weight is 840 g/mol. The Hall–Kier alpha value is -2.56. The minimum Gasteiger partial charge on any atom is -0.480 e. The number of allylic oxidation sites excluding steroid dienone is 8. The molecule has 0 radical (unpaired) electrons. The molecule has 0 spiro atoms. The molecule has 0 aliphatic carbocycles. The van der Waals surface area contributed by atoms with E-state index >= 15 is 0 Å². The highest BCUT2D eigenvalue weighted by Crippen LogP contribution is 2.43. The molecule has 58 heavy (non-hydrogen) atoms. The third kappa shape index (κ3) is 40.2. The van der Waals surface area contributed by atoms with Crippen LogP contribution in [0.15, 0.2) is 48.6 Å². The maximum Gasteiger partial charge on any atom is 0.472 e. The fourth-order valence-corrected chi connectivity index (χ4v) is 6.90. The number of carboxylic acid groups (broad SMARTS) is 1. The van der Waals surface area contributed by atoms with Crippen molar-refractivity contribution in [1.82, 2.24) is 5.32 Å². The summed E-state index contributed by atoms with van der Waals surface area (Å²) in [7, 11) is -4.77. The van der Waals surface area contributed by atoms with E-state index in [0.29, 0.717) is 12.8 Å². The normalized spacial score (nSPS) is 14.1. The third-order valence-corrected chi connectivity index (χ3v) is 10.6. The molecule has 0 fully saturated rings. The molecule has 12 heteroatoms. The van der Waals surface area contributed by atoms with E-state index in [1.54, 1.807) is 0 Å². The number of hydrogen-bond donors (Lipinski definition) is 4. The van der Waals surface area contributed by atoms with Gasteiger partial charge in [0.05, 0.1) is 13.2 Å². The van der Waals surface area contributed by atoms with E-state index in [1.165, 1.54) is 96.3 Å². The van der Waals surface area contributed by atoms with E-state index in [9.17, 15) is 34.1 Å². The van der Waals surface area contributed by atoms with Crippen molar-refractivity contribution in [1.29, 1.82) is 0 Å². The summed E-state index contributed by atoms with van der Waals surface area (Å²) in [6, 6.07) is -1.55. The van der Waals surface area contributed by atoms with Gasteiger partial charge in [0.1, 0.15) is 12.7 Å². The van der Waals surface area contributed by atoms with E-state index in [-0.39, 0.29) is 12.8 Å². The number of amides is 1. The lowest BCUT2D eigenvalue weighted by Gasteiger charge is -2.18. The van der Waals surface area contributed by atoms with Gasteiger partial charge in [-0.2, -0.15) is 0 Å². The molecule has 0 aliphatic heterocycles. The SMILES string of the molecule is CC/C=C\C/C=C\C/C=C\C/C=C\CCCCC(=O)OCC(O)COP(=O)(O)OCC(NC(=O)CCCCCCCCCCCCCCCCCCCCC)C(=O)O. The summed E-state index contributed by atoms with van der Waals surface area (Å²) >= 11 is 0. The molecule has 1 amide bonds. The third-order valence-electron chi connectivity index (χ3n) is 9.63. The second-order valence-electron chi connectivity index (χ2n) is 15.2. The largest absolute Gasteiger partial charge is 0.480 e. The number of phosphoric acid groups is 1. The second kappa shape index (κ2) is 41.2. The highest BCUT2D eigenvalue weighted by atomic mass is 31.2. The van der Waals surface area contributed by atoms with Crippen LogP contribution in [0.4, 0.5) is 0 Å². The number of ether oxygens (including phenoxy) is 1. The molecule has 11 nitrogen and oxygen atoms in total. The number of aliphatic hydroxyl groups is 1. The molecule has 3 unspecified atom stereocenters. The maximum atomic E-state index is 12.3. The van der Waals surface area contributed by atoms with Gasteiger partial charge < -0.3 is 25.2 Å². The molecule has 4 N–H and O–H groups in total. The summed E-state index contributed by atoms with van der Waals surface area (Å²) in [4.78, 5) is 45.9. The Balaban J connectivity index is 3.91. The molecule has 336 valence electrons. The van der Waals surface area contributed by atoms with E-state index in [0.717, 1.165) is 57.8 Å². The number of nitrogens with one attached hydrogen (secondary N) is 1. The van der Waals surface area contributed by atoms with Crippen molar-refractivity contribution >= 4 is 25.7 Å². The fourth-order valence-electron chi connectivity index (χ4n) is 6.13. The topological polar surface area (TPSA) is 169 Å². The fraction of sp³-hybridized carbons (Fsp3) is 0.761. The van der Waals surface area contributed by atoms with E-state index in [1.807, 2.05) is 0 Å². The van der Waals surface area contributed by atoms with Crippen LogP contribution in [0.3, 0.4) is 0 Å². The van der Waals surface area contributed by atoms with Crippen LogP contribution in [-0.4, -0.2) is 64.9 Å². The molecule has 3 atom stereocenters. The number of carbonyl (C=O) groups excluding carboxylic acids is 2. The summed E-state index contributed by atoms with van der Waals surface area (Å²) < 4.78 is 26.8. The summed E-state index contributed by atoms with van der Waals surface area (Å²) in [5.74, 6) is -2.41. The number of rotatable bonds is 42. The zero-order chi connectivity index (χ0) is 42.8. The lowest BCUT2D eigenvalue weighted by molar-refractivity contribution is -0.147. The van der Waals surface area contributed by atoms with Gasteiger partial charge in [0.25, 0.3) is 0 Å². The minimum atomic E-state index is -4.77. The molecule has 0 rings (SSSR count). The predicted molar refractivity (Wildman–Crippen MR) is 235 cm³/mol. The van der Waals surface area contributed by atoms with Crippen LogP contribution in [0.1, 0.15) is 194 Å². The van der Waals surface area contributed by atoms with Crippen LogP contribution in [0.5, 0.6) is 0 Å². The average Bonchev–Trinajstić information content (AvgIpc) is 3.20. The monoisotopic (exact) mass is 840 g/mol. The van der Waals surface area contributed by atoms with Crippen LogP contribution in [0.25, 0.3) is 0 Å².